The van der Waals surface area contributed by atoms with Crippen molar-refractivity contribution in [3.8, 4) is 10.6 Å². The summed E-state index contributed by atoms with van der Waals surface area (Å²) in [5.41, 5.74) is 6.27. The summed E-state index contributed by atoms with van der Waals surface area (Å²) in [5.74, 6) is -1.63. The van der Waals surface area contributed by atoms with Crippen LogP contribution in [-0.4, -0.2) is 28.7 Å². The van der Waals surface area contributed by atoms with E-state index in [1.165, 1.54) is 23.7 Å². The predicted molar refractivity (Wildman–Crippen MR) is 113 cm³/mol. The van der Waals surface area contributed by atoms with Gasteiger partial charge in [0.15, 0.2) is 5.76 Å². The number of nitrogens with zero attached hydrogens (tertiary/aromatic N) is 1. The maximum Gasteiger partial charge on any atom is 0.287 e. The molecule has 1 aromatic carbocycles. The molecule has 8 nitrogen and oxygen atoms in total. The second-order valence-corrected chi connectivity index (χ2v) is 7.91. The van der Waals surface area contributed by atoms with Crippen molar-refractivity contribution in [2.24, 2.45) is 5.92 Å². The van der Waals surface area contributed by atoms with Gasteiger partial charge in [-0.2, -0.15) is 0 Å². The van der Waals surface area contributed by atoms with E-state index in [1.807, 2.05) is 30.3 Å². The van der Waals surface area contributed by atoms with Crippen molar-refractivity contribution in [1.29, 1.82) is 0 Å². The van der Waals surface area contributed by atoms with Crippen molar-refractivity contribution in [2.75, 3.05) is 0 Å². The molecule has 0 saturated heterocycles. The molecule has 3 aromatic rings. The quantitative estimate of drug-likeness (QED) is 0.525. The number of hydrogen-bond donors (Lipinski definition) is 3. The minimum Gasteiger partial charge on any atom is -0.459 e. The van der Waals surface area contributed by atoms with E-state index in [-0.39, 0.29) is 11.7 Å². The first-order chi connectivity index (χ1) is 14.4. The molecule has 30 heavy (non-hydrogen) atoms. The van der Waals surface area contributed by atoms with Gasteiger partial charge in [0, 0.05) is 5.56 Å². The van der Waals surface area contributed by atoms with E-state index in [4.69, 9.17) is 4.42 Å². The Labute approximate surface area is 177 Å². The van der Waals surface area contributed by atoms with Gasteiger partial charge in [0.25, 0.3) is 17.7 Å². The number of nitrogens with one attached hydrogen (secondary N) is 3. The largest absolute Gasteiger partial charge is 0.459 e. The summed E-state index contributed by atoms with van der Waals surface area (Å²) in [6.45, 7) is 5.31. The number of thiazole rings is 1. The fourth-order valence-corrected chi connectivity index (χ4v) is 3.69. The maximum atomic E-state index is 12.6. The van der Waals surface area contributed by atoms with Crippen LogP contribution in [0.2, 0.25) is 0 Å². The van der Waals surface area contributed by atoms with Gasteiger partial charge in [-0.3, -0.25) is 25.2 Å². The highest BCUT2D eigenvalue weighted by Gasteiger charge is 2.26. The van der Waals surface area contributed by atoms with Crippen LogP contribution in [0.15, 0.2) is 53.1 Å². The number of carbonyl (C=O) groups excluding carboxylic acids is 3. The molecule has 3 amide bonds. The Morgan fingerprint density at radius 1 is 1.00 bits per heavy atom. The molecule has 0 aliphatic carbocycles. The highest BCUT2D eigenvalue weighted by molar-refractivity contribution is 7.17. The zero-order valence-electron chi connectivity index (χ0n) is 16.8. The van der Waals surface area contributed by atoms with E-state index < -0.39 is 23.8 Å². The molecule has 0 aliphatic rings. The summed E-state index contributed by atoms with van der Waals surface area (Å²) < 4.78 is 5.04. The lowest BCUT2D eigenvalue weighted by Crippen LogP contribution is -2.54. The third kappa shape index (κ3) is 4.93. The van der Waals surface area contributed by atoms with Gasteiger partial charge in [0.2, 0.25) is 0 Å². The van der Waals surface area contributed by atoms with Gasteiger partial charge in [-0.05, 0) is 25.0 Å². The van der Waals surface area contributed by atoms with Crippen LogP contribution in [0.5, 0.6) is 0 Å². The number of furan rings is 1. The predicted octanol–water partition coefficient (Wildman–Crippen LogP) is 2.93. The number of carbonyl (C=O) groups is 3. The molecule has 0 saturated carbocycles. The minimum atomic E-state index is -0.856. The molecule has 2 aromatic heterocycles. The topological polar surface area (TPSA) is 113 Å². The lowest BCUT2D eigenvalue weighted by atomic mass is 10.0. The fourth-order valence-electron chi connectivity index (χ4n) is 2.72. The third-order valence-corrected chi connectivity index (χ3v) is 5.51. The van der Waals surface area contributed by atoms with Crippen LogP contribution < -0.4 is 16.2 Å². The van der Waals surface area contributed by atoms with Gasteiger partial charge < -0.3 is 9.73 Å². The van der Waals surface area contributed by atoms with E-state index in [2.05, 4.69) is 21.2 Å². The summed E-state index contributed by atoms with van der Waals surface area (Å²) >= 11 is 1.24. The fraction of sp³-hybridized carbons (Fsp3) is 0.238. The molecule has 2 heterocycles. The average molecular weight is 426 g/mol. The monoisotopic (exact) mass is 426 g/mol. The number of aryl methyl sites for hydroxylation is 1. The van der Waals surface area contributed by atoms with Crippen LogP contribution in [0.4, 0.5) is 0 Å². The standard InChI is InChI=1S/C21H22N4O4S/c1-12(2)16(23-18(26)15-10-7-11-29-15)19(27)24-25-20(28)17-13(3)22-21(30-17)14-8-5-4-6-9-14/h4-12,16H,1-3H3,(H,23,26)(H,24,27)(H,25,28)/t16-/m0/s1. The number of hydrazine groups is 1. The van der Waals surface area contributed by atoms with Crippen molar-refractivity contribution in [3.63, 3.8) is 0 Å². The van der Waals surface area contributed by atoms with Crippen molar-refractivity contribution >= 4 is 29.1 Å². The van der Waals surface area contributed by atoms with Gasteiger partial charge in [-0.1, -0.05) is 44.2 Å². The van der Waals surface area contributed by atoms with E-state index in [9.17, 15) is 14.4 Å². The van der Waals surface area contributed by atoms with Crippen LogP contribution in [0.1, 0.15) is 39.8 Å². The number of amides is 3. The molecule has 0 bridgehead atoms. The lowest BCUT2D eigenvalue weighted by molar-refractivity contribution is -0.124. The Hall–Kier alpha value is -3.46. The highest BCUT2D eigenvalue weighted by atomic mass is 32.1. The summed E-state index contributed by atoms with van der Waals surface area (Å²) in [6, 6.07) is 11.8. The van der Waals surface area contributed by atoms with Gasteiger partial charge in [-0.15, -0.1) is 11.3 Å². The van der Waals surface area contributed by atoms with Crippen molar-refractivity contribution < 1.29 is 18.8 Å². The van der Waals surface area contributed by atoms with Crippen molar-refractivity contribution in [3.05, 3.63) is 65.1 Å². The lowest BCUT2D eigenvalue weighted by Gasteiger charge is -2.21. The Morgan fingerprint density at radius 2 is 1.73 bits per heavy atom. The number of benzene rings is 1. The van der Waals surface area contributed by atoms with Gasteiger partial charge >= 0.3 is 0 Å². The molecule has 0 fully saturated rings. The molecule has 9 heteroatoms. The first kappa shape index (κ1) is 21.3. The maximum absolute atomic E-state index is 12.6. The first-order valence-corrected chi connectivity index (χ1v) is 10.2. The normalized spacial score (nSPS) is 11.7. The average Bonchev–Trinajstić information content (AvgIpc) is 3.40. The Balaban J connectivity index is 1.63. The third-order valence-electron chi connectivity index (χ3n) is 4.30. The molecule has 0 spiro atoms. The molecule has 1 atom stereocenters. The van der Waals surface area contributed by atoms with E-state index in [0.29, 0.717) is 10.6 Å². The Bertz CT molecular complexity index is 1030. The second-order valence-electron chi connectivity index (χ2n) is 6.92. The van der Waals surface area contributed by atoms with Crippen molar-refractivity contribution in [1.82, 2.24) is 21.2 Å². The summed E-state index contributed by atoms with van der Waals surface area (Å²) in [5, 5.41) is 3.33. The van der Waals surface area contributed by atoms with E-state index in [0.717, 1.165) is 10.6 Å². The van der Waals surface area contributed by atoms with Gasteiger partial charge in [0.05, 0.1) is 12.0 Å². The second kappa shape index (κ2) is 9.36. The molecule has 156 valence electrons. The molecule has 0 radical (unpaired) electrons. The van der Waals surface area contributed by atoms with Crippen LogP contribution in [0.25, 0.3) is 10.6 Å². The van der Waals surface area contributed by atoms with Gasteiger partial charge in [-0.25, -0.2) is 4.98 Å². The van der Waals surface area contributed by atoms with Crippen LogP contribution >= 0.6 is 11.3 Å². The Kier molecular flexibility index (Phi) is 6.63. The summed E-state index contributed by atoms with van der Waals surface area (Å²) in [7, 11) is 0. The number of aromatic nitrogens is 1. The molecule has 0 unspecified atom stereocenters. The smallest absolute Gasteiger partial charge is 0.287 e. The highest BCUT2D eigenvalue weighted by Crippen LogP contribution is 2.27. The zero-order valence-corrected chi connectivity index (χ0v) is 17.6. The first-order valence-electron chi connectivity index (χ1n) is 9.34. The molecular weight excluding hydrogens is 404 g/mol. The van der Waals surface area contributed by atoms with E-state index >= 15 is 0 Å². The zero-order chi connectivity index (χ0) is 21.7. The number of rotatable bonds is 6. The SMILES string of the molecule is Cc1nc(-c2ccccc2)sc1C(=O)NNC(=O)[C@@H](NC(=O)c1ccco1)C(C)C. The van der Waals surface area contributed by atoms with E-state index in [1.54, 1.807) is 26.8 Å². The minimum absolute atomic E-state index is 0.103. The molecular formula is C21H22N4O4S. The van der Waals surface area contributed by atoms with Crippen LogP contribution in [-0.2, 0) is 4.79 Å². The Morgan fingerprint density at radius 3 is 2.37 bits per heavy atom. The van der Waals surface area contributed by atoms with Gasteiger partial charge in [0.1, 0.15) is 15.9 Å². The summed E-state index contributed by atoms with van der Waals surface area (Å²) in [4.78, 5) is 42.1. The van der Waals surface area contributed by atoms with Crippen molar-refractivity contribution in [2.45, 2.75) is 26.8 Å². The molecule has 0 aliphatic heterocycles. The number of hydrogen-bond acceptors (Lipinski definition) is 6. The van der Waals surface area contributed by atoms with Crippen LogP contribution in [0.3, 0.4) is 0 Å². The molecule has 3 rings (SSSR count). The molecule has 3 N–H and O–H groups in total. The van der Waals surface area contributed by atoms with Crippen LogP contribution in [0, 0.1) is 12.8 Å². The summed E-state index contributed by atoms with van der Waals surface area (Å²) in [6.07, 6.45) is 1.38.